The summed E-state index contributed by atoms with van der Waals surface area (Å²) in [5, 5.41) is 9.02. The minimum Gasteiger partial charge on any atom is -0.494 e. The third kappa shape index (κ3) is 4.44. The zero-order chi connectivity index (χ0) is 26.2. The number of ether oxygens (including phenoxy) is 1. The number of rotatable bonds is 7. The van der Waals surface area contributed by atoms with Gasteiger partial charge in [-0.25, -0.2) is 18.7 Å². The maximum atomic E-state index is 14.9. The van der Waals surface area contributed by atoms with E-state index in [4.69, 9.17) is 19.8 Å². The molecule has 1 aliphatic carbocycles. The van der Waals surface area contributed by atoms with Crippen LogP contribution in [-0.4, -0.2) is 31.3 Å². The standard InChI is InChI=1S/C29H26F2N6O/c1-3-38-19-14-23(30)22(24(31)15-19)16-37-26-10-5-4-7-21(26)27(36-37)29-34-25-9-6-8-20(25)28(35-29)33-18-11-12-32-17(2)13-18/h4-5,7,10-15H,3,6,8-9,16H2,1-2H3,(H,32,33,34,35). The molecule has 38 heavy (non-hydrogen) atoms. The summed E-state index contributed by atoms with van der Waals surface area (Å²) >= 11 is 0. The molecule has 0 spiro atoms. The van der Waals surface area contributed by atoms with Crippen LogP contribution in [0.5, 0.6) is 5.75 Å². The van der Waals surface area contributed by atoms with Crippen LogP contribution in [-0.2, 0) is 19.4 Å². The number of halogens is 2. The van der Waals surface area contributed by atoms with Gasteiger partial charge in [-0.15, -0.1) is 0 Å². The van der Waals surface area contributed by atoms with Gasteiger partial charge in [0, 0.05) is 51.9 Å². The van der Waals surface area contributed by atoms with E-state index in [-0.39, 0.29) is 17.9 Å². The van der Waals surface area contributed by atoms with E-state index < -0.39 is 11.6 Å². The van der Waals surface area contributed by atoms with Gasteiger partial charge < -0.3 is 10.1 Å². The Kier molecular flexibility index (Phi) is 6.19. The summed E-state index contributed by atoms with van der Waals surface area (Å²) < 4.78 is 36.7. The van der Waals surface area contributed by atoms with E-state index in [0.29, 0.717) is 18.1 Å². The Bertz CT molecular complexity index is 1640. The first-order valence-corrected chi connectivity index (χ1v) is 12.7. The average Bonchev–Trinajstić information content (AvgIpc) is 3.52. The fraction of sp³-hybridized carbons (Fsp3) is 0.241. The smallest absolute Gasteiger partial charge is 0.182 e. The van der Waals surface area contributed by atoms with Gasteiger partial charge in [-0.3, -0.25) is 9.67 Å². The number of nitrogens with one attached hydrogen (secondary N) is 1. The molecule has 0 saturated heterocycles. The van der Waals surface area contributed by atoms with Gasteiger partial charge in [0.05, 0.1) is 18.7 Å². The van der Waals surface area contributed by atoms with Crippen molar-refractivity contribution in [2.24, 2.45) is 0 Å². The third-order valence-electron chi connectivity index (χ3n) is 6.70. The van der Waals surface area contributed by atoms with Crippen molar-refractivity contribution >= 4 is 22.4 Å². The van der Waals surface area contributed by atoms with Gasteiger partial charge in [-0.2, -0.15) is 5.10 Å². The maximum Gasteiger partial charge on any atom is 0.182 e. The van der Waals surface area contributed by atoms with Gasteiger partial charge in [0.15, 0.2) is 5.82 Å². The van der Waals surface area contributed by atoms with Gasteiger partial charge in [-0.05, 0) is 51.3 Å². The van der Waals surface area contributed by atoms with Crippen molar-refractivity contribution in [3.63, 3.8) is 0 Å². The van der Waals surface area contributed by atoms with Crippen molar-refractivity contribution < 1.29 is 13.5 Å². The highest BCUT2D eigenvalue weighted by Gasteiger charge is 2.24. The number of hydrogen-bond acceptors (Lipinski definition) is 6. The molecule has 0 amide bonds. The molecule has 0 atom stereocenters. The monoisotopic (exact) mass is 512 g/mol. The molecule has 0 bridgehead atoms. The zero-order valence-electron chi connectivity index (χ0n) is 21.1. The number of anilines is 2. The van der Waals surface area contributed by atoms with E-state index in [1.807, 2.05) is 43.3 Å². The van der Waals surface area contributed by atoms with Crippen molar-refractivity contribution in [2.45, 2.75) is 39.7 Å². The van der Waals surface area contributed by atoms with E-state index in [1.165, 1.54) is 12.1 Å². The first-order valence-electron chi connectivity index (χ1n) is 12.7. The molecule has 0 aliphatic heterocycles. The van der Waals surface area contributed by atoms with Gasteiger partial charge in [-0.1, -0.05) is 18.2 Å². The zero-order valence-corrected chi connectivity index (χ0v) is 21.1. The fourth-order valence-corrected chi connectivity index (χ4v) is 4.95. The topological polar surface area (TPSA) is 77.8 Å². The number of benzene rings is 2. The van der Waals surface area contributed by atoms with Crippen molar-refractivity contribution in [3.8, 4) is 17.3 Å². The molecule has 3 aromatic heterocycles. The summed E-state index contributed by atoms with van der Waals surface area (Å²) in [6, 6.07) is 13.9. The van der Waals surface area contributed by atoms with Gasteiger partial charge in [0.25, 0.3) is 0 Å². The summed E-state index contributed by atoms with van der Waals surface area (Å²) in [7, 11) is 0. The quantitative estimate of drug-likeness (QED) is 0.282. The van der Waals surface area contributed by atoms with E-state index in [2.05, 4.69) is 10.3 Å². The predicted molar refractivity (Wildman–Crippen MR) is 142 cm³/mol. The lowest BCUT2D eigenvalue weighted by Crippen LogP contribution is -2.08. The number of fused-ring (bicyclic) bond motifs is 2. The first kappa shape index (κ1) is 24.0. The molecule has 0 fully saturated rings. The molecule has 5 aromatic rings. The molecule has 9 heteroatoms. The van der Waals surface area contributed by atoms with Gasteiger partial charge in [0.1, 0.15) is 28.9 Å². The second-order valence-electron chi connectivity index (χ2n) is 9.31. The minimum absolute atomic E-state index is 0.0847. The predicted octanol–water partition coefficient (Wildman–Crippen LogP) is 6.15. The first-order chi connectivity index (χ1) is 18.5. The van der Waals surface area contributed by atoms with Crippen LogP contribution in [0.25, 0.3) is 22.4 Å². The summed E-state index contributed by atoms with van der Waals surface area (Å²) in [6.45, 7) is 3.94. The summed E-state index contributed by atoms with van der Waals surface area (Å²) in [6.07, 6.45) is 4.51. The lowest BCUT2D eigenvalue weighted by atomic mass is 10.1. The molecule has 0 unspecified atom stereocenters. The largest absolute Gasteiger partial charge is 0.494 e. The molecule has 1 N–H and O–H groups in total. The number of para-hydroxylation sites is 1. The number of hydrogen-bond donors (Lipinski definition) is 1. The Morgan fingerprint density at radius 3 is 2.63 bits per heavy atom. The van der Waals surface area contributed by atoms with Gasteiger partial charge in [0.2, 0.25) is 0 Å². The molecular weight excluding hydrogens is 486 g/mol. The molecule has 0 radical (unpaired) electrons. The van der Waals surface area contributed by atoms with Crippen LogP contribution >= 0.6 is 0 Å². The second-order valence-corrected chi connectivity index (χ2v) is 9.31. The Balaban J connectivity index is 1.43. The Hall–Kier alpha value is -4.40. The van der Waals surface area contributed by atoms with Crippen LogP contribution in [0.1, 0.15) is 35.9 Å². The van der Waals surface area contributed by atoms with Crippen molar-refractivity contribution in [1.82, 2.24) is 24.7 Å². The van der Waals surface area contributed by atoms with Crippen LogP contribution < -0.4 is 10.1 Å². The van der Waals surface area contributed by atoms with Crippen LogP contribution in [0.15, 0.2) is 54.7 Å². The molecule has 1 aliphatic rings. The maximum absolute atomic E-state index is 14.9. The number of nitrogens with zero attached hydrogens (tertiary/aromatic N) is 5. The molecule has 3 heterocycles. The number of pyridine rings is 1. The summed E-state index contributed by atoms with van der Waals surface area (Å²) in [5.74, 6) is 0.0232. The molecule has 0 saturated carbocycles. The summed E-state index contributed by atoms with van der Waals surface area (Å²) in [5.41, 5.74) is 5.11. The average molecular weight is 513 g/mol. The van der Waals surface area contributed by atoms with E-state index >= 15 is 0 Å². The van der Waals surface area contributed by atoms with Gasteiger partial charge >= 0.3 is 0 Å². The van der Waals surface area contributed by atoms with E-state index in [0.717, 1.165) is 58.6 Å². The van der Waals surface area contributed by atoms with Crippen molar-refractivity contribution in [3.05, 3.63) is 88.9 Å². The fourth-order valence-electron chi connectivity index (χ4n) is 4.95. The van der Waals surface area contributed by atoms with Crippen molar-refractivity contribution in [1.29, 1.82) is 0 Å². The molecular formula is C29H26F2N6O. The Morgan fingerprint density at radius 1 is 1.03 bits per heavy atom. The summed E-state index contributed by atoms with van der Waals surface area (Å²) in [4.78, 5) is 14.0. The van der Waals surface area contributed by atoms with E-state index in [9.17, 15) is 8.78 Å². The van der Waals surface area contributed by atoms with E-state index in [1.54, 1.807) is 17.8 Å². The molecule has 6 rings (SSSR count). The Labute approximate surface area is 218 Å². The highest BCUT2D eigenvalue weighted by molar-refractivity contribution is 5.92. The molecule has 192 valence electrons. The molecule has 7 nitrogen and oxygen atoms in total. The highest BCUT2D eigenvalue weighted by atomic mass is 19.1. The highest BCUT2D eigenvalue weighted by Crippen LogP contribution is 2.34. The van der Waals surface area contributed by atoms with Crippen LogP contribution in [0.3, 0.4) is 0 Å². The third-order valence-corrected chi connectivity index (χ3v) is 6.70. The number of aryl methyl sites for hydroxylation is 2. The lowest BCUT2D eigenvalue weighted by Gasteiger charge is -2.12. The number of aromatic nitrogens is 5. The minimum atomic E-state index is -0.678. The normalized spacial score (nSPS) is 12.6. The second kappa shape index (κ2) is 9.81. The SMILES string of the molecule is CCOc1cc(F)c(Cn2nc(-c3nc4c(c(Nc5ccnc(C)c5)n3)CCC4)c3ccccc32)c(F)c1. The molecule has 2 aromatic carbocycles. The Morgan fingerprint density at radius 2 is 1.84 bits per heavy atom. The van der Waals surface area contributed by atoms with Crippen LogP contribution in [0.2, 0.25) is 0 Å². The lowest BCUT2D eigenvalue weighted by molar-refractivity contribution is 0.335. The van der Waals surface area contributed by atoms with Crippen molar-refractivity contribution in [2.75, 3.05) is 11.9 Å². The van der Waals surface area contributed by atoms with Crippen LogP contribution in [0, 0.1) is 18.6 Å². The van der Waals surface area contributed by atoms with Crippen LogP contribution in [0.4, 0.5) is 20.3 Å².